The number of thioether (sulfide) groups is 1. The smallest absolute Gasteiger partial charge is 0.257 e. The van der Waals surface area contributed by atoms with Crippen molar-refractivity contribution in [2.45, 2.75) is 31.3 Å². The molecular weight excluding hydrogens is 277 g/mol. The summed E-state index contributed by atoms with van der Waals surface area (Å²) in [4.78, 5) is 18.2. The van der Waals surface area contributed by atoms with Gasteiger partial charge in [0.2, 0.25) is 0 Å². The number of halogens is 1. The quantitative estimate of drug-likeness (QED) is 0.931. The van der Waals surface area contributed by atoms with Crippen molar-refractivity contribution in [3.63, 3.8) is 0 Å². The fourth-order valence-electron chi connectivity index (χ4n) is 2.41. The summed E-state index contributed by atoms with van der Waals surface area (Å²) in [5.41, 5.74) is 0.0993. The first-order chi connectivity index (χ1) is 9.52. The predicted molar refractivity (Wildman–Crippen MR) is 80.8 cm³/mol. The second kappa shape index (κ2) is 6.43. The Labute approximate surface area is 123 Å². The Hall–Kier alpha value is -1.30. The summed E-state index contributed by atoms with van der Waals surface area (Å²) in [6.07, 6.45) is 1.47. The van der Waals surface area contributed by atoms with Crippen LogP contribution in [0.3, 0.4) is 0 Å². The number of pyridine rings is 1. The highest BCUT2D eigenvalue weighted by atomic mass is 32.2. The van der Waals surface area contributed by atoms with Crippen LogP contribution < -0.4 is 5.32 Å². The fraction of sp³-hybridized carbons (Fsp3) is 0.571. The van der Waals surface area contributed by atoms with E-state index in [0.717, 1.165) is 0 Å². The van der Waals surface area contributed by atoms with Gasteiger partial charge < -0.3 is 10.2 Å². The van der Waals surface area contributed by atoms with Gasteiger partial charge >= 0.3 is 0 Å². The summed E-state index contributed by atoms with van der Waals surface area (Å²) in [5.74, 6) is -0.660. The lowest BCUT2D eigenvalue weighted by atomic mass is 10.2. The average molecular weight is 297 g/mol. The molecule has 1 aliphatic rings. The Balaban J connectivity index is 2.22. The van der Waals surface area contributed by atoms with Gasteiger partial charge in [0.1, 0.15) is 0 Å². The van der Waals surface area contributed by atoms with E-state index in [1.165, 1.54) is 12.3 Å². The van der Waals surface area contributed by atoms with Crippen molar-refractivity contribution in [3.8, 4) is 0 Å². The number of carbonyl (C=O) groups is 1. The van der Waals surface area contributed by atoms with Gasteiger partial charge in [-0.3, -0.25) is 4.79 Å². The maximum absolute atomic E-state index is 14.3. The molecule has 4 nitrogen and oxygen atoms in total. The highest BCUT2D eigenvalue weighted by molar-refractivity contribution is 8.00. The lowest BCUT2D eigenvalue weighted by molar-refractivity contribution is 0.0748. The molecule has 1 fully saturated rings. The minimum Gasteiger partial charge on any atom is -0.368 e. The largest absolute Gasteiger partial charge is 0.368 e. The molecule has 2 rings (SSSR count). The maximum Gasteiger partial charge on any atom is 0.257 e. The summed E-state index contributed by atoms with van der Waals surface area (Å²) < 4.78 is 14.3. The number of carbonyl (C=O) groups excluding carboxylic acids is 1. The Kier molecular flexibility index (Phi) is 4.86. The van der Waals surface area contributed by atoms with Crippen LogP contribution in [0.4, 0.5) is 10.2 Å². The van der Waals surface area contributed by atoms with E-state index in [1.54, 1.807) is 4.90 Å². The van der Waals surface area contributed by atoms with Crippen molar-refractivity contribution in [2.75, 3.05) is 25.0 Å². The van der Waals surface area contributed by atoms with Crippen molar-refractivity contribution < 1.29 is 9.18 Å². The molecule has 0 aromatic carbocycles. The van der Waals surface area contributed by atoms with Crippen LogP contribution in [-0.4, -0.2) is 45.9 Å². The molecule has 0 radical (unpaired) electrons. The summed E-state index contributed by atoms with van der Waals surface area (Å²) in [5, 5.41) is 3.58. The molecule has 1 saturated heterocycles. The third kappa shape index (κ3) is 3.23. The van der Waals surface area contributed by atoms with Crippen LogP contribution in [0, 0.1) is 5.82 Å². The molecular formula is C14H20FN3OS. The number of aromatic nitrogens is 1. The SMILES string of the molecule is CCNc1nccc(C(=O)N2CC(C)SC(C)C2)c1F. The third-order valence-corrected chi connectivity index (χ3v) is 4.40. The molecule has 0 saturated carbocycles. The molecule has 1 amide bonds. The van der Waals surface area contributed by atoms with Gasteiger partial charge in [-0.2, -0.15) is 11.8 Å². The van der Waals surface area contributed by atoms with E-state index in [2.05, 4.69) is 24.1 Å². The van der Waals surface area contributed by atoms with Crippen LogP contribution in [0.5, 0.6) is 0 Å². The van der Waals surface area contributed by atoms with Crippen LogP contribution in [0.2, 0.25) is 0 Å². The first-order valence-corrected chi connectivity index (χ1v) is 7.80. The summed E-state index contributed by atoms with van der Waals surface area (Å²) in [6.45, 7) is 7.93. The minimum atomic E-state index is -0.558. The number of nitrogens with one attached hydrogen (secondary N) is 1. The van der Waals surface area contributed by atoms with Crippen LogP contribution >= 0.6 is 11.8 Å². The summed E-state index contributed by atoms with van der Waals surface area (Å²) >= 11 is 1.86. The second-order valence-corrected chi connectivity index (χ2v) is 6.90. The summed E-state index contributed by atoms with van der Waals surface area (Å²) in [6, 6.07) is 1.45. The molecule has 0 aliphatic carbocycles. The van der Waals surface area contributed by atoms with Crippen molar-refractivity contribution in [1.82, 2.24) is 9.88 Å². The normalized spacial score (nSPS) is 22.7. The zero-order valence-corrected chi connectivity index (χ0v) is 12.8. The highest BCUT2D eigenvalue weighted by Gasteiger charge is 2.28. The van der Waals surface area contributed by atoms with Gasteiger partial charge in [0.05, 0.1) is 5.56 Å². The zero-order chi connectivity index (χ0) is 14.7. The molecule has 1 aromatic rings. The Bertz CT molecular complexity index is 487. The van der Waals surface area contributed by atoms with Gasteiger partial charge in [-0.15, -0.1) is 0 Å². The lowest BCUT2D eigenvalue weighted by Gasteiger charge is -2.34. The van der Waals surface area contributed by atoms with Gasteiger partial charge in [0.15, 0.2) is 11.6 Å². The Morgan fingerprint density at radius 3 is 2.75 bits per heavy atom. The first-order valence-electron chi connectivity index (χ1n) is 6.86. The molecule has 2 atom stereocenters. The molecule has 110 valence electrons. The standard InChI is InChI=1S/C14H20FN3OS/c1-4-16-13-12(15)11(5-6-17-13)14(19)18-7-9(2)20-10(3)8-18/h5-6,9-10H,4,7-8H2,1-3H3,(H,16,17). The number of hydrogen-bond acceptors (Lipinski definition) is 4. The highest BCUT2D eigenvalue weighted by Crippen LogP contribution is 2.26. The zero-order valence-electron chi connectivity index (χ0n) is 12.0. The van der Waals surface area contributed by atoms with E-state index in [1.807, 2.05) is 18.7 Å². The van der Waals surface area contributed by atoms with Crippen molar-refractivity contribution in [1.29, 1.82) is 0 Å². The molecule has 1 aromatic heterocycles. The molecule has 1 aliphatic heterocycles. The van der Waals surface area contributed by atoms with E-state index in [9.17, 15) is 9.18 Å². The van der Waals surface area contributed by atoms with Gasteiger partial charge in [0.25, 0.3) is 5.91 Å². The molecule has 6 heteroatoms. The molecule has 1 N–H and O–H groups in total. The number of hydrogen-bond donors (Lipinski definition) is 1. The van der Waals surface area contributed by atoms with Gasteiger partial charge in [-0.05, 0) is 13.0 Å². The molecule has 0 bridgehead atoms. The van der Waals surface area contributed by atoms with Crippen molar-refractivity contribution >= 4 is 23.5 Å². The average Bonchev–Trinajstić information content (AvgIpc) is 2.39. The number of rotatable bonds is 3. The predicted octanol–water partition coefficient (Wildman–Crippen LogP) is 2.62. The van der Waals surface area contributed by atoms with E-state index in [0.29, 0.717) is 30.1 Å². The minimum absolute atomic E-state index is 0.0993. The van der Waals surface area contributed by atoms with Crippen LogP contribution in [-0.2, 0) is 0 Å². The van der Waals surface area contributed by atoms with E-state index in [-0.39, 0.29) is 17.3 Å². The van der Waals surface area contributed by atoms with E-state index < -0.39 is 5.82 Å². The van der Waals surface area contributed by atoms with Gasteiger partial charge in [0, 0.05) is 36.3 Å². The van der Waals surface area contributed by atoms with Crippen LogP contribution in [0.15, 0.2) is 12.3 Å². The lowest BCUT2D eigenvalue weighted by Crippen LogP contribution is -2.44. The Morgan fingerprint density at radius 1 is 1.50 bits per heavy atom. The molecule has 0 spiro atoms. The number of amides is 1. The van der Waals surface area contributed by atoms with Gasteiger partial charge in [-0.25, -0.2) is 9.37 Å². The molecule has 2 heterocycles. The van der Waals surface area contributed by atoms with E-state index >= 15 is 0 Å². The molecule has 20 heavy (non-hydrogen) atoms. The third-order valence-electron chi connectivity index (χ3n) is 3.17. The van der Waals surface area contributed by atoms with Gasteiger partial charge in [-0.1, -0.05) is 13.8 Å². The van der Waals surface area contributed by atoms with E-state index in [4.69, 9.17) is 0 Å². The van der Waals surface area contributed by atoms with Crippen molar-refractivity contribution in [2.24, 2.45) is 0 Å². The fourth-order valence-corrected chi connectivity index (χ4v) is 3.74. The van der Waals surface area contributed by atoms with Crippen LogP contribution in [0.1, 0.15) is 31.1 Å². The second-order valence-electron chi connectivity index (χ2n) is 5.02. The monoisotopic (exact) mass is 297 g/mol. The number of anilines is 1. The molecule has 2 unspecified atom stereocenters. The maximum atomic E-state index is 14.3. The topological polar surface area (TPSA) is 45.2 Å². The van der Waals surface area contributed by atoms with Crippen molar-refractivity contribution in [3.05, 3.63) is 23.6 Å². The Morgan fingerprint density at radius 2 is 2.15 bits per heavy atom. The summed E-state index contributed by atoms with van der Waals surface area (Å²) in [7, 11) is 0. The first kappa shape index (κ1) is 15.1. The van der Waals surface area contributed by atoms with Crippen LogP contribution in [0.25, 0.3) is 0 Å². The number of nitrogens with zero attached hydrogens (tertiary/aromatic N) is 2.